The number of aromatic nitrogens is 2. The van der Waals surface area contributed by atoms with Gasteiger partial charge in [0, 0.05) is 59.0 Å². The maximum absolute atomic E-state index is 13.5. The quantitative estimate of drug-likeness (QED) is 0.449. The minimum atomic E-state index is -0.248. The number of rotatable bonds is 6. The third-order valence-corrected chi connectivity index (χ3v) is 6.02. The van der Waals surface area contributed by atoms with E-state index in [0.717, 1.165) is 50.5 Å². The molecule has 3 heterocycles. The first kappa shape index (κ1) is 24.0. The summed E-state index contributed by atoms with van der Waals surface area (Å²) in [5.74, 6) is -0.248. The van der Waals surface area contributed by atoms with Crippen LogP contribution in [0, 0.1) is 19.7 Å². The fraction of sp³-hybridized carbons (Fsp3) is 0.385. The second-order valence-corrected chi connectivity index (χ2v) is 8.31. The molecule has 172 valence electrons. The summed E-state index contributed by atoms with van der Waals surface area (Å²) in [4.78, 5) is 9.05. The number of halogens is 1. The Balaban J connectivity index is 0.000000222. The van der Waals surface area contributed by atoms with E-state index in [1.54, 1.807) is 6.07 Å². The van der Waals surface area contributed by atoms with Gasteiger partial charge < -0.3 is 25.5 Å². The number of fused-ring (bicyclic) bond motifs is 1. The molecule has 1 aliphatic heterocycles. The highest BCUT2D eigenvalue weighted by Gasteiger charge is 2.09. The molecule has 4 N–H and O–H groups in total. The van der Waals surface area contributed by atoms with Gasteiger partial charge in [-0.1, -0.05) is 19.2 Å². The molecule has 0 atom stereocenters. The standard InChI is InChI=1S/C18H17FN2.C8H19N3/c1-5-14-10(2)18(21-11(14)3)9-15-12(4)20-17-7-6-13(19)8-16(15)17;1-9-3-2-6-11-7-4-10-5-8-11/h5-9,20-21H,1,4H2,2-3H3;9-10H,2-8H2,1H3/b15-9+;. The van der Waals surface area contributed by atoms with Crippen molar-refractivity contribution in [1.29, 1.82) is 0 Å². The summed E-state index contributed by atoms with van der Waals surface area (Å²) < 4.78 is 13.5. The Hall–Kier alpha value is -2.67. The maximum atomic E-state index is 13.5. The van der Waals surface area contributed by atoms with Gasteiger partial charge in [-0.2, -0.15) is 0 Å². The van der Waals surface area contributed by atoms with E-state index in [9.17, 15) is 4.39 Å². The van der Waals surface area contributed by atoms with E-state index in [0.29, 0.717) is 0 Å². The SMILES string of the molecule is C=Cc1c(C)[nH]c(/C=c2\c(=C)[nH]c3ccc(F)cc23)c1C.CNCCCN1CCNCC1. The van der Waals surface area contributed by atoms with Gasteiger partial charge in [0.05, 0.1) is 0 Å². The lowest BCUT2D eigenvalue weighted by Crippen LogP contribution is -2.44. The van der Waals surface area contributed by atoms with Crippen LogP contribution in [0.5, 0.6) is 0 Å². The highest BCUT2D eigenvalue weighted by molar-refractivity contribution is 5.82. The summed E-state index contributed by atoms with van der Waals surface area (Å²) in [6.07, 6.45) is 5.13. The number of piperazine rings is 1. The van der Waals surface area contributed by atoms with Crippen LogP contribution < -0.4 is 21.2 Å². The van der Waals surface area contributed by atoms with Gasteiger partial charge in [0.1, 0.15) is 5.82 Å². The molecule has 0 radical (unpaired) electrons. The van der Waals surface area contributed by atoms with Crippen molar-refractivity contribution in [3.05, 3.63) is 63.7 Å². The molecule has 0 saturated carbocycles. The van der Waals surface area contributed by atoms with Crippen molar-refractivity contribution >= 4 is 29.6 Å². The normalized spacial score (nSPS) is 15.1. The number of benzene rings is 1. The monoisotopic (exact) mass is 437 g/mol. The number of H-pyrrole nitrogens is 2. The second kappa shape index (κ2) is 11.3. The zero-order valence-electron chi connectivity index (χ0n) is 19.6. The van der Waals surface area contributed by atoms with Crippen LogP contribution in [-0.4, -0.2) is 61.2 Å². The summed E-state index contributed by atoms with van der Waals surface area (Å²) in [7, 11) is 2.01. The van der Waals surface area contributed by atoms with E-state index in [-0.39, 0.29) is 5.82 Å². The predicted octanol–water partition coefficient (Wildman–Crippen LogP) is 2.64. The molecule has 4 rings (SSSR count). The lowest BCUT2D eigenvalue weighted by Gasteiger charge is -2.26. The molecule has 1 fully saturated rings. The van der Waals surface area contributed by atoms with E-state index >= 15 is 0 Å². The summed E-state index contributed by atoms with van der Waals surface area (Å²) in [5, 5.41) is 9.04. The summed E-state index contributed by atoms with van der Waals surface area (Å²) in [5.41, 5.74) is 5.20. The van der Waals surface area contributed by atoms with Crippen molar-refractivity contribution in [1.82, 2.24) is 25.5 Å². The third kappa shape index (κ3) is 5.76. The van der Waals surface area contributed by atoms with Crippen molar-refractivity contribution in [2.75, 3.05) is 46.3 Å². The third-order valence-electron chi connectivity index (χ3n) is 6.02. The number of hydrogen-bond donors (Lipinski definition) is 4. The second-order valence-electron chi connectivity index (χ2n) is 8.31. The van der Waals surface area contributed by atoms with Crippen LogP contribution in [0.2, 0.25) is 0 Å². The molecule has 3 aromatic rings. The Morgan fingerprint density at radius 2 is 1.94 bits per heavy atom. The van der Waals surface area contributed by atoms with Crippen molar-refractivity contribution < 1.29 is 4.39 Å². The molecule has 0 unspecified atom stereocenters. The van der Waals surface area contributed by atoms with Crippen LogP contribution in [0.4, 0.5) is 4.39 Å². The predicted molar refractivity (Wildman–Crippen MR) is 135 cm³/mol. The van der Waals surface area contributed by atoms with E-state index in [2.05, 4.69) is 38.7 Å². The van der Waals surface area contributed by atoms with Gasteiger partial charge in [0.2, 0.25) is 0 Å². The summed E-state index contributed by atoms with van der Waals surface area (Å²) in [6.45, 7) is 19.1. The van der Waals surface area contributed by atoms with Gasteiger partial charge in [-0.25, -0.2) is 4.39 Å². The van der Waals surface area contributed by atoms with Crippen LogP contribution in [-0.2, 0) is 0 Å². The molecule has 1 aliphatic rings. The molecular formula is C26H36FN5. The molecule has 0 spiro atoms. The van der Waals surface area contributed by atoms with Gasteiger partial charge in [-0.3, -0.25) is 0 Å². The lowest BCUT2D eigenvalue weighted by atomic mass is 10.1. The van der Waals surface area contributed by atoms with Gasteiger partial charge in [0.15, 0.2) is 0 Å². The average Bonchev–Trinajstić information content (AvgIpc) is 3.24. The van der Waals surface area contributed by atoms with Crippen molar-refractivity contribution in [2.24, 2.45) is 0 Å². The number of aryl methyl sites for hydroxylation is 1. The largest absolute Gasteiger partial charge is 0.358 e. The molecule has 2 aromatic heterocycles. The van der Waals surface area contributed by atoms with Gasteiger partial charge in [-0.05, 0) is 75.8 Å². The Morgan fingerprint density at radius 3 is 2.59 bits per heavy atom. The lowest BCUT2D eigenvalue weighted by molar-refractivity contribution is 0.238. The van der Waals surface area contributed by atoms with Crippen LogP contribution >= 0.6 is 0 Å². The van der Waals surface area contributed by atoms with Crippen LogP contribution in [0.25, 0.3) is 29.6 Å². The first-order valence-corrected chi connectivity index (χ1v) is 11.3. The van der Waals surface area contributed by atoms with E-state index < -0.39 is 0 Å². The minimum Gasteiger partial charge on any atom is -0.358 e. The van der Waals surface area contributed by atoms with Crippen LogP contribution in [0.1, 0.15) is 28.9 Å². The minimum absolute atomic E-state index is 0.248. The van der Waals surface area contributed by atoms with Crippen LogP contribution in [0.15, 0.2) is 24.8 Å². The maximum Gasteiger partial charge on any atom is 0.123 e. The Morgan fingerprint density at radius 1 is 1.19 bits per heavy atom. The Bertz CT molecular complexity index is 1150. The topological polar surface area (TPSA) is 58.9 Å². The van der Waals surface area contributed by atoms with Crippen molar-refractivity contribution in [3.63, 3.8) is 0 Å². The zero-order valence-corrected chi connectivity index (χ0v) is 19.6. The Labute approximate surface area is 190 Å². The molecule has 0 amide bonds. The van der Waals surface area contributed by atoms with Gasteiger partial charge in [0.25, 0.3) is 0 Å². The highest BCUT2D eigenvalue weighted by Crippen LogP contribution is 2.19. The van der Waals surface area contributed by atoms with E-state index in [1.807, 2.05) is 33.0 Å². The number of nitrogens with zero attached hydrogens (tertiary/aromatic N) is 1. The molecule has 32 heavy (non-hydrogen) atoms. The van der Waals surface area contributed by atoms with Gasteiger partial charge >= 0.3 is 0 Å². The van der Waals surface area contributed by atoms with Crippen LogP contribution in [0.3, 0.4) is 0 Å². The first-order valence-electron chi connectivity index (χ1n) is 11.3. The molecule has 1 aromatic carbocycles. The fourth-order valence-corrected chi connectivity index (χ4v) is 4.20. The Kier molecular flexibility index (Phi) is 8.45. The fourth-order valence-electron chi connectivity index (χ4n) is 4.20. The number of hydrogen-bond acceptors (Lipinski definition) is 3. The van der Waals surface area contributed by atoms with Crippen molar-refractivity contribution in [3.8, 4) is 0 Å². The van der Waals surface area contributed by atoms with E-state index in [1.165, 1.54) is 51.3 Å². The first-order chi connectivity index (χ1) is 15.4. The molecule has 0 aliphatic carbocycles. The average molecular weight is 438 g/mol. The molecular weight excluding hydrogens is 401 g/mol. The smallest absolute Gasteiger partial charge is 0.123 e. The highest BCUT2D eigenvalue weighted by atomic mass is 19.1. The molecule has 5 nitrogen and oxygen atoms in total. The zero-order chi connectivity index (χ0) is 23.1. The van der Waals surface area contributed by atoms with Gasteiger partial charge in [-0.15, -0.1) is 0 Å². The molecule has 1 saturated heterocycles. The molecule has 0 bridgehead atoms. The summed E-state index contributed by atoms with van der Waals surface area (Å²) in [6, 6.07) is 4.71. The summed E-state index contributed by atoms with van der Waals surface area (Å²) >= 11 is 0. The van der Waals surface area contributed by atoms with Crippen molar-refractivity contribution in [2.45, 2.75) is 20.3 Å². The molecule has 6 heteroatoms. The van der Waals surface area contributed by atoms with E-state index in [4.69, 9.17) is 0 Å². The number of aromatic amines is 2. The number of nitrogens with one attached hydrogen (secondary N) is 4.